The number of hydrogen-bond donors (Lipinski definition) is 0. The van der Waals surface area contributed by atoms with Gasteiger partial charge >= 0.3 is 6.18 Å². The fraction of sp³-hybridized carbons (Fsp3) is 0.353. The molecule has 11 heteroatoms. The van der Waals surface area contributed by atoms with E-state index in [1.807, 2.05) is 31.2 Å². The zero-order valence-corrected chi connectivity index (χ0v) is 15.8. The Balaban J connectivity index is 1.65. The van der Waals surface area contributed by atoms with E-state index in [0.717, 1.165) is 27.2 Å². The average molecular weight is 408 g/mol. The van der Waals surface area contributed by atoms with Crippen LogP contribution in [0.5, 0.6) is 0 Å². The molecule has 0 radical (unpaired) electrons. The van der Waals surface area contributed by atoms with Gasteiger partial charge in [0.15, 0.2) is 11.5 Å². The Kier molecular flexibility index (Phi) is 4.41. The Morgan fingerprint density at radius 3 is 2.54 bits per heavy atom. The molecule has 0 spiro atoms. The molecule has 1 aliphatic heterocycles. The van der Waals surface area contributed by atoms with E-state index in [4.69, 9.17) is 0 Å². The van der Waals surface area contributed by atoms with Gasteiger partial charge in [0.05, 0.1) is 10.9 Å². The maximum absolute atomic E-state index is 13.1. The summed E-state index contributed by atoms with van der Waals surface area (Å²) in [6.45, 7) is 3.65. The van der Waals surface area contributed by atoms with E-state index in [1.165, 1.54) is 4.90 Å². The first-order valence-electron chi connectivity index (χ1n) is 8.48. The molecule has 0 aliphatic carbocycles. The van der Waals surface area contributed by atoms with Gasteiger partial charge in [-0.1, -0.05) is 34.3 Å². The van der Waals surface area contributed by atoms with E-state index in [2.05, 4.69) is 19.8 Å². The molecule has 28 heavy (non-hydrogen) atoms. The molecule has 1 aromatic carbocycles. The van der Waals surface area contributed by atoms with Gasteiger partial charge < -0.3 is 9.47 Å². The van der Waals surface area contributed by atoms with Gasteiger partial charge in [-0.25, -0.2) is 0 Å². The van der Waals surface area contributed by atoms with Gasteiger partial charge in [0.25, 0.3) is 5.91 Å². The van der Waals surface area contributed by atoms with Crippen LogP contribution < -0.4 is 0 Å². The number of rotatable bonds is 2. The number of aromatic nitrogens is 5. The summed E-state index contributed by atoms with van der Waals surface area (Å²) in [5, 5.41) is 10.9. The lowest BCUT2D eigenvalue weighted by molar-refractivity contribution is -0.148. The lowest BCUT2D eigenvalue weighted by Crippen LogP contribution is -2.42. The molecule has 3 heterocycles. The Morgan fingerprint density at radius 2 is 1.86 bits per heavy atom. The zero-order chi connectivity index (χ0) is 20.1. The Bertz CT molecular complexity index is 1030. The molecule has 1 unspecified atom stereocenters. The first-order valence-corrected chi connectivity index (χ1v) is 9.25. The van der Waals surface area contributed by atoms with Crippen molar-refractivity contribution in [2.24, 2.45) is 0 Å². The lowest BCUT2D eigenvalue weighted by atomic mass is 10.1. The number of benzene rings is 1. The van der Waals surface area contributed by atoms with Crippen molar-refractivity contribution < 1.29 is 18.0 Å². The number of aryl methyl sites for hydroxylation is 1. The fourth-order valence-corrected chi connectivity index (χ4v) is 3.89. The molecule has 1 atom stereocenters. The van der Waals surface area contributed by atoms with Crippen LogP contribution in [0.3, 0.4) is 0 Å². The lowest BCUT2D eigenvalue weighted by Gasteiger charge is -2.33. The first-order chi connectivity index (χ1) is 13.3. The highest BCUT2D eigenvalue weighted by molar-refractivity contribution is 7.09. The predicted octanol–water partition coefficient (Wildman–Crippen LogP) is 3.34. The van der Waals surface area contributed by atoms with Gasteiger partial charge in [-0.05, 0) is 30.9 Å². The molecule has 0 saturated carbocycles. The highest BCUT2D eigenvalue weighted by Gasteiger charge is 2.42. The van der Waals surface area contributed by atoms with Crippen molar-refractivity contribution in [1.82, 2.24) is 29.3 Å². The van der Waals surface area contributed by atoms with Gasteiger partial charge in [0.2, 0.25) is 5.82 Å². The summed E-state index contributed by atoms with van der Waals surface area (Å²) in [6, 6.07) is 6.94. The summed E-state index contributed by atoms with van der Waals surface area (Å²) >= 11 is 1.10. The molecule has 0 N–H and O–H groups in total. The first kappa shape index (κ1) is 18.5. The molecule has 0 fully saturated rings. The SMILES string of the molecule is Cc1ccc(-c2snnc2C(=O)N2CCn3c(nnc3C(F)(F)F)C2C)cc1. The van der Waals surface area contributed by atoms with Gasteiger partial charge in [0.1, 0.15) is 0 Å². The number of alkyl halides is 3. The van der Waals surface area contributed by atoms with Crippen LogP contribution in [0.25, 0.3) is 10.4 Å². The van der Waals surface area contributed by atoms with E-state index in [1.54, 1.807) is 6.92 Å². The van der Waals surface area contributed by atoms with Crippen LogP contribution in [-0.2, 0) is 12.7 Å². The Morgan fingerprint density at radius 1 is 1.14 bits per heavy atom. The van der Waals surface area contributed by atoms with Gasteiger partial charge in [-0.15, -0.1) is 15.3 Å². The second kappa shape index (κ2) is 6.66. The van der Waals surface area contributed by atoms with Crippen molar-refractivity contribution in [2.45, 2.75) is 32.6 Å². The van der Waals surface area contributed by atoms with Crippen LogP contribution in [0.4, 0.5) is 13.2 Å². The Labute approximate surface area is 162 Å². The molecular weight excluding hydrogens is 393 g/mol. The average Bonchev–Trinajstić information content (AvgIpc) is 3.29. The predicted molar refractivity (Wildman–Crippen MR) is 94.6 cm³/mol. The largest absolute Gasteiger partial charge is 0.451 e. The van der Waals surface area contributed by atoms with E-state index in [-0.39, 0.29) is 30.5 Å². The number of nitrogens with zero attached hydrogens (tertiary/aromatic N) is 6. The highest BCUT2D eigenvalue weighted by Crippen LogP contribution is 2.34. The molecule has 2 aromatic heterocycles. The molecular formula is C17H15F3N6OS. The smallest absolute Gasteiger partial charge is 0.325 e. The minimum atomic E-state index is -4.59. The number of carbonyl (C=O) groups excluding carboxylic acids is 1. The quantitative estimate of drug-likeness (QED) is 0.650. The van der Waals surface area contributed by atoms with Crippen molar-refractivity contribution in [2.75, 3.05) is 6.54 Å². The van der Waals surface area contributed by atoms with Crippen LogP contribution in [0.2, 0.25) is 0 Å². The number of halogens is 3. The number of hydrogen-bond acceptors (Lipinski definition) is 6. The third-order valence-corrected chi connectivity index (χ3v) is 5.48. The van der Waals surface area contributed by atoms with Crippen LogP contribution >= 0.6 is 11.5 Å². The van der Waals surface area contributed by atoms with Crippen molar-refractivity contribution in [3.05, 3.63) is 47.2 Å². The number of carbonyl (C=O) groups is 1. The molecule has 0 saturated heterocycles. The summed E-state index contributed by atoms with van der Waals surface area (Å²) in [6.07, 6.45) is -4.59. The van der Waals surface area contributed by atoms with E-state index < -0.39 is 18.0 Å². The highest BCUT2D eigenvalue weighted by atomic mass is 32.1. The number of amides is 1. The van der Waals surface area contributed by atoms with E-state index in [0.29, 0.717) is 4.88 Å². The zero-order valence-electron chi connectivity index (χ0n) is 14.9. The summed E-state index contributed by atoms with van der Waals surface area (Å²) in [7, 11) is 0. The standard InChI is InChI=1S/C17H15F3N6OS/c1-9-3-5-11(6-4-9)13-12(21-24-28-13)15(27)25-7-8-26-14(10(25)2)22-23-16(26)17(18,19)20/h3-6,10H,7-8H2,1-2H3. The summed E-state index contributed by atoms with van der Waals surface area (Å²) in [5.41, 5.74) is 2.08. The van der Waals surface area contributed by atoms with Crippen molar-refractivity contribution in [3.63, 3.8) is 0 Å². The number of fused-ring (bicyclic) bond motifs is 1. The molecule has 0 bridgehead atoms. The van der Waals surface area contributed by atoms with Crippen LogP contribution in [-0.4, -0.2) is 41.7 Å². The summed E-state index contributed by atoms with van der Waals surface area (Å²) in [4.78, 5) is 15.2. The van der Waals surface area contributed by atoms with E-state index >= 15 is 0 Å². The van der Waals surface area contributed by atoms with Gasteiger partial charge in [0, 0.05) is 13.1 Å². The normalized spacial score (nSPS) is 16.9. The summed E-state index contributed by atoms with van der Waals surface area (Å²) in [5.74, 6) is -1.33. The summed E-state index contributed by atoms with van der Waals surface area (Å²) < 4.78 is 44.1. The molecule has 4 rings (SSSR count). The second-order valence-corrected chi connectivity index (χ2v) is 7.28. The fourth-order valence-electron chi connectivity index (χ4n) is 3.23. The molecule has 146 valence electrons. The maximum atomic E-state index is 13.1. The second-order valence-electron chi connectivity index (χ2n) is 6.52. The Hall–Kier alpha value is -2.82. The minimum absolute atomic E-state index is 0.0370. The van der Waals surface area contributed by atoms with Crippen molar-refractivity contribution in [3.8, 4) is 10.4 Å². The maximum Gasteiger partial charge on any atom is 0.451 e. The van der Waals surface area contributed by atoms with Crippen LogP contribution in [0.15, 0.2) is 24.3 Å². The van der Waals surface area contributed by atoms with Crippen LogP contribution in [0, 0.1) is 6.92 Å². The van der Waals surface area contributed by atoms with Gasteiger partial charge in [-0.3, -0.25) is 4.79 Å². The molecule has 1 aliphatic rings. The monoisotopic (exact) mass is 408 g/mol. The third kappa shape index (κ3) is 3.05. The minimum Gasteiger partial charge on any atom is -0.325 e. The van der Waals surface area contributed by atoms with Crippen molar-refractivity contribution in [1.29, 1.82) is 0 Å². The molecule has 1 amide bonds. The topological polar surface area (TPSA) is 76.8 Å². The molecule has 3 aromatic rings. The third-order valence-electron chi connectivity index (χ3n) is 4.70. The molecule has 7 nitrogen and oxygen atoms in total. The van der Waals surface area contributed by atoms with Crippen molar-refractivity contribution >= 4 is 17.4 Å². The van der Waals surface area contributed by atoms with Crippen LogP contribution in [0.1, 0.15) is 40.7 Å². The van der Waals surface area contributed by atoms with Gasteiger partial charge in [-0.2, -0.15) is 13.2 Å². The van der Waals surface area contributed by atoms with E-state index in [9.17, 15) is 18.0 Å².